The number of methoxy groups -OCH3 is 1. The third-order valence-corrected chi connectivity index (χ3v) is 13.5. The first-order chi connectivity index (χ1) is 10.9. The van der Waals surface area contributed by atoms with Gasteiger partial charge in [0.05, 0.1) is 0 Å². The normalized spacial score (nSPS) is 10.8. The fourth-order valence-electron chi connectivity index (χ4n) is 2.59. The van der Waals surface area contributed by atoms with Crippen LogP contribution < -0.4 is 9.81 Å². The van der Waals surface area contributed by atoms with Crippen molar-refractivity contribution in [2.24, 2.45) is 0 Å². The fourth-order valence-corrected chi connectivity index (χ4v) is 12.1. The van der Waals surface area contributed by atoms with Crippen LogP contribution in [0.5, 0.6) is 0 Å². The molecular weight excluding hydrogens is 465 g/mol. The molecule has 0 N–H and O–H groups in total. The summed E-state index contributed by atoms with van der Waals surface area (Å²) < 4.78 is 9.95. The van der Waals surface area contributed by atoms with Gasteiger partial charge in [0.2, 0.25) is 0 Å². The molecule has 0 aliphatic carbocycles. The molecular formula is C20H19BiO. The van der Waals surface area contributed by atoms with Gasteiger partial charge in [0, 0.05) is 0 Å². The Morgan fingerprint density at radius 2 is 1.18 bits per heavy atom. The molecule has 110 valence electrons. The monoisotopic (exact) mass is 484 g/mol. The molecule has 0 saturated carbocycles. The molecule has 3 aromatic rings. The van der Waals surface area contributed by atoms with Gasteiger partial charge in [0.15, 0.2) is 0 Å². The average Bonchev–Trinajstić information content (AvgIpc) is 2.59. The summed E-state index contributed by atoms with van der Waals surface area (Å²) in [5.41, 5.74) is 1.33. The molecule has 0 saturated heterocycles. The van der Waals surface area contributed by atoms with Gasteiger partial charge in [-0.05, 0) is 0 Å². The maximum absolute atomic E-state index is 5.42. The maximum atomic E-state index is 5.42. The second kappa shape index (κ2) is 7.67. The Kier molecular flexibility index (Phi) is 5.37. The van der Waals surface area contributed by atoms with E-state index in [9.17, 15) is 0 Å². The number of rotatable bonds is 5. The van der Waals surface area contributed by atoms with Gasteiger partial charge in [-0.1, -0.05) is 0 Å². The zero-order valence-electron chi connectivity index (χ0n) is 12.6. The summed E-state index contributed by atoms with van der Waals surface area (Å²) in [5, 5.41) is 0. The van der Waals surface area contributed by atoms with Crippen molar-refractivity contribution in [3.63, 3.8) is 0 Å². The molecule has 0 heterocycles. The summed E-state index contributed by atoms with van der Waals surface area (Å²) in [6.07, 6.45) is 0. The minimum absolute atomic E-state index is 0.682. The van der Waals surface area contributed by atoms with Crippen molar-refractivity contribution in [2.45, 2.75) is 6.61 Å². The van der Waals surface area contributed by atoms with Crippen LogP contribution in [0.25, 0.3) is 0 Å². The number of ether oxygens (including phenoxy) is 1. The zero-order chi connectivity index (χ0) is 15.2. The van der Waals surface area contributed by atoms with Crippen LogP contribution in [0.1, 0.15) is 5.56 Å². The Balaban J connectivity index is 2.15. The van der Waals surface area contributed by atoms with Gasteiger partial charge in [-0.2, -0.15) is 0 Å². The van der Waals surface area contributed by atoms with E-state index in [0.717, 1.165) is 0 Å². The molecule has 0 bridgehead atoms. The van der Waals surface area contributed by atoms with Gasteiger partial charge in [-0.15, -0.1) is 0 Å². The molecule has 1 nitrogen and oxygen atoms in total. The van der Waals surface area contributed by atoms with Gasteiger partial charge in [-0.3, -0.25) is 0 Å². The Bertz CT molecular complexity index is 671. The van der Waals surface area contributed by atoms with Crippen LogP contribution in [0.15, 0.2) is 84.9 Å². The summed E-state index contributed by atoms with van der Waals surface area (Å²) in [6, 6.07) is 30.7. The summed E-state index contributed by atoms with van der Waals surface area (Å²) in [6.45, 7) is 0.682. The van der Waals surface area contributed by atoms with Crippen molar-refractivity contribution < 1.29 is 4.74 Å². The van der Waals surface area contributed by atoms with Crippen LogP contribution in [-0.4, -0.2) is 28.9 Å². The zero-order valence-corrected chi connectivity index (χ0v) is 16.1. The van der Waals surface area contributed by atoms with Gasteiger partial charge < -0.3 is 0 Å². The molecule has 0 aliphatic heterocycles. The predicted octanol–water partition coefficient (Wildman–Crippen LogP) is 2.35. The first-order valence-electron chi connectivity index (χ1n) is 7.37. The molecule has 0 atom stereocenters. The van der Waals surface area contributed by atoms with Gasteiger partial charge in [0.25, 0.3) is 0 Å². The van der Waals surface area contributed by atoms with E-state index < -0.39 is 21.8 Å². The molecule has 0 aromatic heterocycles. The topological polar surface area (TPSA) is 9.23 Å². The molecule has 2 heteroatoms. The molecule has 3 aromatic carbocycles. The van der Waals surface area contributed by atoms with Crippen LogP contribution in [0.3, 0.4) is 0 Å². The van der Waals surface area contributed by atoms with Crippen LogP contribution in [0.2, 0.25) is 0 Å². The molecule has 0 aliphatic rings. The van der Waals surface area contributed by atoms with Gasteiger partial charge in [0.1, 0.15) is 0 Å². The summed E-state index contributed by atoms with van der Waals surface area (Å²) in [7, 11) is 1.77. The van der Waals surface area contributed by atoms with E-state index in [4.69, 9.17) is 4.74 Å². The van der Waals surface area contributed by atoms with E-state index in [1.54, 1.807) is 7.11 Å². The summed E-state index contributed by atoms with van der Waals surface area (Å²) in [4.78, 5) is 0. The van der Waals surface area contributed by atoms with E-state index >= 15 is 0 Å². The Morgan fingerprint density at radius 1 is 0.682 bits per heavy atom. The SMILES string of the molecule is COCc1cccc[c]1[Bi]([c]1ccccc1)[c]1ccccc1. The molecule has 3 rings (SSSR count). The minimum atomic E-state index is -2.25. The number of benzene rings is 3. The average molecular weight is 484 g/mol. The van der Waals surface area contributed by atoms with Crippen molar-refractivity contribution in [2.75, 3.05) is 7.11 Å². The Morgan fingerprint density at radius 3 is 1.73 bits per heavy atom. The van der Waals surface area contributed by atoms with E-state index in [-0.39, 0.29) is 0 Å². The molecule has 0 radical (unpaired) electrons. The first-order valence-corrected chi connectivity index (χ1v) is 12.6. The van der Waals surface area contributed by atoms with Crippen LogP contribution in [0, 0.1) is 0 Å². The second-order valence-corrected chi connectivity index (χ2v) is 13.6. The van der Waals surface area contributed by atoms with Crippen LogP contribution in [0.4, 0.5) is 0 Å². The quantitative estimate of drug-likeness (QED) is 0.506. The standard InChI is InChI=1S/C8H9O.2C6H5.Bi/c1-9-7-8-5-3-2-4-6-8;2*1-2-4-6-5-3-1;/h2-5H,7H2,1H3;2*1-5H;. The van der Waals surface area contributed by atoms with Gasteiger partial charge in [-0.25, -0.2) is 0 Å². The van der Waals surface area contributed by atoms with Crippen molar-refractivity contribution in [1.29, 1.82) is 0 Å². The molecule has 0 unspecified atom stereocenters. The molecule has 0 spiro atoms. The van der Waals surface area contributed by atoms with E-state index in [1.807, 2.05) is 0 Å². The molecule has 22 heavy (non-hydrogen) atoms. The van der Waals surface area contributed by atoms with Crippen molar-refractivity contribution in [1.82, 2.24) is 0 Å². The van der Waals surface area contributed by atoms with E-state index in [1.165, 1.54) is 15.4 Å². The second-order valence-electron chi connectivity index (χ2n) is 5.07. The molecule has 0 amide bonds. The van der Waals surface area contributed by atoms with E-state index in [0.29, 0.717) is 6.61 Å². The predicted molar refractivity (Wildman–Crippen MR) is 94.7 cm³/mol. The van der Waals surface area contributed by atoms with Crippen molar-refractivity contribution >= 4 is 31.6 Å². The first kappa shape index (κ1) is 15.4. The number of hydrogen-bond acceptors (Lipinski definition) is 1. The molecule has 0 fully saturated rings. The van der Waals surface area contributed by atoms with Crippen molar-refractivity contribution in [3.8, 4) is 0 Å². The Labute approximate surface area is 140 Å². The summed E-state index contributed by atoms with van der Waals surface area (Å²) in [5.74, 6) is 0. The third-order valence-electron chi connectivity index (χ3n) is 3.56. The Hall–Kier alpha value is -1.50. The van der Waals surface area contributed by atoms with Crippen molar-refractivity contribution in [3.05, 3.63) is 90.5 Å². The van der Waals surface area contributed by atoms with Crippen LogP contribution >= 0.6 is 0 Å². The van der Waals surface area contributed by atoms with Crippen LogP contribution in [-0.2, 0) is 11.3 Å². The fraction of sp³-hybridized carbons (Fsp3) is 0.100. The van der Waals surface area contributed by atoms with Gasteiger partial charge >= 0.3 is 141 Å². The number of hydrogen-bond donors (Lipinski definition) is 0. The van der Waals surface area contributed by atoms with E-state index in [2.05, 4.69) is 84.9 Å². The third kappa shape index (κ3) is 3.46. The summed E-state index contributed by atoms with van der Waals surface area (Å²) >= 11 is -2.25.